The Bertz CT molecular complexity index is 807. The molecule has 1 atom stereocenters. The third-order valence-electron chi connectivity index (χ3n) is 4.06. The van der Waals surface area contributed by atoms with Gasteiger partial charge in [-0.25, -0.2) is 9.37 Å². The second-order valence-corrected chi connectivity index (χ2v) is 5.52. The van der Waals surface area contributed by atoms with Crippen LogP contribution in [0.15, 0.2) is 48.5 Å². The van der Waals surface area contributed by atoms with Crippen LogP contribution in [0.1, 0.15) is 18.2 Å². The molecule has 2 aromatic carbocycles. The van der Waals surface area contributed by atoms with Gasteiger partial charge in [-0.2, -0.15) is 0 Å². The summed E-state index contributed by atoms with van der Waals surface area (Å²) in [5, 5.41) is 0. The van der Waals surface area contributed by atoms with Crippen molar-refractivity contribution < 1.29 is 9.18 Å². The zero-order valence-electron chi connectivity index (χ0n) is 11.8. The third-order valence-corrected chi connectivity index (χ3v) is 4.06. The molecule has 4 rings (SSSR count). The zero-order chi connectivity index (χ0) is 15.1. The highest BCUT2D eigenvalue weighted by molar-refractivity contribution is 5.96. The number of carbonyl (C=O) groups is 1. The minimum atomic E-state index is -0.302. The summed E-state index contributed by atoms with van der Waals surface area (Å²) in [5.41, 5.74) is 2.61. The molecule has 0 bridgehead atoms. The predicted octanol–water partition coefficient (Wildman–Crippen LogP) is 3.22. The molecule has 4 nitrogen and oxygen atoms in total. The molecule has 1 N–H and O–H groups in total. The van der Waals surface area contributed by atoms with Gasteiger partial charge < -0.3 is 9.88 Å². The first-order chi connectivity index (χ1) is 10.7. The van der Waals surface area contributed by atoms with E-state index in [2.05, 4.69) is 9.97 Å². The highest BCUT2D eigenvalue weighted by Crippen LogP contribution is 2.31. The fourth-order valence-corrected chi connectivity index (χ4v) is 2.93. The van der Waals surface area contributed by atoms with Crippen LogP contribution in [0, 0.1) is 5.82 Å². The normalized spacial score (nSPS) is 18.3. The van der Waals surface area contributed by atoms with Crippen molar-refractivity contribution in [2.75, 3.05) is 11.4 Å². The second-order valence-electron chi connectivity index (χ2n) is 5.52. The van der Waals surface area contributed by atoms with Crippen molar-refractivity contribution in [3.63, 3.8) is 0 Å². The summed E-state index contributed by atoms with van der Waals surface area (Å²) in [6.45, 7) is 0.560. The number of aromatic amines is 1. The van der Waals surface area contributed by atoms with Crippen LogP contribution in [0.25, 0.3) is 11.0 Å². The number of hydrogen-bond acceptors (Lipinski definition) is 2. The molecule has 1 amide bonds. The number of amides is 1. The summed E-state index contributed by atoms with van der Waals surface area (Å²) in [4.78, 5) is 21.8. The van der Waals surface area contributed by atoms with Crippen molar-refractivity contribution in [3.05, 3.63) is 60.2 Å². The lowest BCUT2D eigenvalue weighted by Crippen LogP contribution is -2.24. The molecule has 110 valence electrons. The fraction of sp³-hybridized carbons (Fsp3) is 0.176. The number of anilines is 1. The summed E-state index contributed by atoms with van der Waals surface area (Å²) < 4.78 is 13.0. The minimum absolute atomic E-state index is 0.0324. The lowest BCUT2D eigenvalue weighted by molar-refractivity contribution is -0.117. The van der Waals surface area contributed by atoms with Crippen LogP contribution in [0.4, 0.5) is 10.1 Å². The van der Waals surface area contributed by atoms with E-state index in [0.717, 1.165) is 22.5 Å². The topological polar surface area (TPSA) is 49.0 Å². The Labute approximate surface area is 126 Å². The molecular weight excluding hydrogens is 281 g/mol. The lowest BCUT2D eigenvalue weighted by atomic mass is 10.1. The van der Waals surface area contributed by atoms with Gasteiger partial charge in [0.2, 0.25) is 5.91 Å². The number of para-hydroxylation sites is 2. The van der Waals surface area contributed by atoms with E-state index in [4.69, 9.17) is 0 Å². The van der Waals surface area contributed by atoms with Gasteiger partial charge in [0.15, 0.2) is 0 Å². The van der Waals surface area contributed by atoms with Crippen LogP contribution in [-0.4, -0.2) is 22.4 Å². The summed E-state index contributed by atoms with van der Waals surface area (Å²) in [7, 11) is 0. The largest absolute Gasteiger partial charge is 0.342 e. The maximum absolute atomic E-state index is 13.0. The van der Waals surface area contributed by atoms with Gasteiger partial charge in [-0.1, -0.05) is 12.1 Å². The lowest BCUT2D eigenvalue weighted by Gasteiger charge is -2.16. The van der Waals surface area contributed by atoms with Crippen LogP contribution >= 0.6 is 0 Å². The fourth-order valence-electron chi connectivity index (χ4n) is 2.93. The van der Waals surface area contributed by atoms with Gasteiger partial charge in [0, 0.05) is 24.6 Å². The van der Waals surface area contributed by atoms with Gasteiger partial charge >= 0.3 is 0 Å². The summed E-state index contributed by atoms with van der Waals surface area (Å²) in [6, 6.07) is 13.8. The number of hydrogen-bond donors (Lipinski definition) is 1. The Morgan fingerprint density at radius 3 is 2.68 bits per heavy atom. The summed E-state index contributed by atoms with van der Waals surface area (Å²) in [6.07, 6.45) is 0.414. The van der Waals surface area contributed by atoms with E-state index in [1.54, 1.807) is 17.0 Å². The highest BCUT2D eigenvalue weighted by atomic mass is 19.1. The molecule has 1 saturated heterocycles. The van der Waals surface area contributed by atoms with Crippen LogP contribution < -0.4 is 4.90 Å². The molecule has 1 aliphatic rings. The monoisotopic (exact) mass is 295 g/mol. The van der Waals surface area contributed by atoms with Gasteiger partial charge in [-0.05, 0) is 36.4 Å². The van der Waals surface area contributed by atoms with E-state index >= 15 is 0 Å². The van der Waals surface area contributed by atoms with E-state index in [1.807, 2.05) is 24.3 Å². The van der Waals surface area contributed by atoms with Gasteiger partial charge in [-0.3, -0.25) is 4.79 Å². The first kappa shape index (κ1) is 13.0. The van der Waals surface area contributed by atoms with Crippen LogP contribution in [0.2, 0.25) is 0 Å². The molecule has 1 aromatic heterocycles. The maximum atomic E-state index is 13.0. The second kappa shape index (κ2) is 4.94. The Morgan fingerprint density at radius 1 is 1.14 bits per heavy atom. The van der Waals surface area contributed by atoms with E-state index in [9.17, 15) is 9.18 Å². The molecule has 2 heterocycles. The molecule has 0 saturated carbocycles. The number of halogens is 1. The molecular formula is C17H14FN3O. The quantitative estimate of drug-likeness (QED) is 0.789. The number of H-pyrrole nitrogens is 1. The highest BCUT2D eigenvalue weighted by Gasteiger charge is 2.33. The number of carbonyl (C=O) groups excluding carboxylic acids is 1. The number of aromatic nitrogens is 2. The van der Waals surface area contributed by atoms with Gasteiger partial charge in [0.25, 0.3) is 0 Å². The van der Waals surface area contributed by atoms with Crippen molar-refractivity contribution in [3.8, 4) is 0 Å². The molecule has 0 spiro atoms. The number of fused-ring (bicyclic) bond motifs is 1. The Hall–Kier alpha value is -2.69. The molecule has 1 aliphatic heterocycles. The van der Waals surface area contributed by atoms with E-state index < -0.39 is 0 Å². The average Bonchev–Trinajstić information content (AvgIpc) is 3.11. The molecule has 1 fully saturated rings. The zero-order valence-corrected chi connectivity index (χ0v) is 11.8. The Kier molecular flexibility index (Phi) is 2.92. The molecule has 5 heteroatoms. The first-order valence-corrected chi connectivity index (χ1v) is 7.21. The number of nitrogens with zero attached hydrogens (tertiary/aromatic N) is 2. The minimum Gasteiger partial charge on any atom is -0.342 e. The van der Waals surface area contributed by atoms with Gasteiger partial charge in [0.05, 0.1) is 11.0 Å². The summed E-state index contributed by atoms with van der Waals surface area (Å²) in [5.74, 6) is 0.602. The Morgan fingerprint density at radius 2 is 1.91 bits per heavy atom. The predicted molar refractivity (Wildman–Crippen MR) is 82.2 cm³/mol. The van der Waals surface area contributed by atoms with Crippen molar-refractivity contribution in [1.29, 1.82) is 0 Å². The van der Waals surface area contributed by atoms with Gasteiger partial charge in [0.1, 0.15) is 11.6 Å². The molecule has 22 heavy (non-hydrogen) atoms. The van der Waals surface area contributed by atoms with Crippen LogP contribution in [-0.2, 0) is 4.79 Å². The van der Waals surface area contributed by atoms with E-state index in [1.165, 1.54) is 12.1 Å². The molecule has 1 unspecified atom stereocenters. The maximum Gasteiger partial charge on any atom is 0.227 e. The van der Waals surface area contributed by atoms with Crippen LogP contribution in [0.3, 0.4) is 0 Å². The molecule has 0 radical (unpaired) electrons. The van der Waals surface area contributed by atoms with Crippen molar-refractivity contribution >= 4 is 22.6 Å². The number of rotatable bonds is 2. The van der Waals surface area contributed by atoms with E-state index in [0.29, 0.717) is 13.0 Å². The number of nitrogens with one attached hydrogen (secondary N) is 1. The molecule has 0 aliphatic carbocycles. The average molecular weight is 295 g/mol. The van der Waals surface area contributed by atoms with Crippen molar-refractivity contribution in [2.45, 2.75) is 12.3 Å². The standard InChI is InChI=1S/C17H14FN3O/c18-12-5-7-13(8-6-12)21-10-11(9-16(21)22)17-19-14-3-1-2-4-15(14)20-17/h1-8,11H,9-10H2,(H,19,20). The smallest absolute Gasteiger partial charge is 0.227 e. The molecule has 3 aromatic rings. The summed E-state index contributed by atoms with van der Waals surface area (Å²) >= 11 is 0. The third kappa shape index (κ3) is 2.15. The van der Waals surface area contributed by atoms with Gasteiger partial charge in [-0.15, -0.1) is 0 Å². The van der Waals surface area contributed by atoms with Crippen molar-refractivity contribution in [2.24, 2.45) is 0 Å². The Balaban J connectivity index is 1.62. The van der Waals surface area contributed by atoms with Crippen molar-refractivity contribution in [1.82, 2.24) is 9.97 Å². The first-order valence-electron chi connectivity index (χ1n) is 7.21. The number of imidazole rings is 1. The van der Waals surface area contributed by atoms with E-state index in [-0.39, 0.29) is 17.6 Å². The number of benzene rings is 2. The SMILES string of the molecule is O=C1CC(c2nc3ccccc3[nH]2)CN1c1ccc(F)cc1. The van der Waals surface area contributed by atoms with Crippen LogP contribution in [0.5, 0.6) is 0 Å².